The van der Waals surface area contributed by atoms with Gasteiger partial charge in [0, 0.05) is 32.1 Å². The number of aliphatic carboxylic acids is 1. The first-order chi connectivity index (χ1) is 11.6. The van der Waals surface area contributed by atoms with Gasteiger partial charge in [0.2, 0.25) is 5.91 Å². The third-order valence-corrected chi connectivity index (χ3v) is 4.70. The first kappa shape index (κ1) is 16.8. The van der Waals surface area contributed by atoms with E-state index in [1.165, 1.54) is 0 Å². The predicted octanol–water partition coefficient (Wildman–Crippen LogP) is 1.74. The molecule has 1 unspecified atom stereocenters. The van der Waals surface area contributed by atoms with E-state index < -0.39 is 5.97 Å². The van der Waals surface area contributed by atoms with Crippen molar-refractivity contribution in [2.24, 2.45) is 0 Å². The van der Waals surface area contributed by atoms with Crippen LogP contribution in [0.15, 0.2) is 24.3 Å². The second-order valence-electron chi connectivity index (χ2n) is 6.55. The van der Waals surface area contributed by atoms with Crippen molar-refractivity contribution < 1.29 is 19.4 Å². The van der Waals surface area contributed by atoms with E-state index in [0.29, 0.717) is 24.1 Å². The normalized spacial score (nSPS) is 21.9. The number of carbonyl (C=O) groups excluding carboxylic acids is 1. The molecule has 1 aromatic carbocycles. The summed E-state index contributed by atoms with van der Waals surface area (Å²) in [5.41, 5.74) is 1.10. The monoisotopic (exact) mass is 332 g/mol. The van der Waals surface area contributed by atoms with Crippen LogP contribution in [0.4, 0.5) is 0 Å². The number of nitrogens with zero attached hydrogens (tertiary/aromatic N) is 2. The molecule has 0 aromatic heterocycles. The highest BCUT2D eigenvalue weighted by Gasteiger charge is 2.31. The third-order valence-electron chi connectivity index (χ3n) is 4.70. The zero-order valence-electron chi connectivity index (χ0n) is 13.8. The van der Waals surface area contributed by atoms with E-state index in [4.69, 9.17) is 9.84 Å². The molecule has 24 heavy (non-hydrogen) atoms. The van der Waals surface area contributed by atoms with E-state index in [9.17, 15) is 9.59 Å². The molecule has 130 valence electrons. The summed E-state index contributed by atoms with van der Waals surface area (Å²) in [7, 11) is 0. The lowest BCUT2D eigenvalue weighted by atomic mass is 10.0. The maximum atomic E-state index is 12.0. The minimum absolute atomic E-state index is 0.297. The maximum Gasteiger partial charge on any atom is 0.341 e. The van der Waals surface area contributed by atoms with E-state index in [-0.39, 0.29) is 6.61 Å². The molecule has 0 spiro atoms. The molecule has 6 nitrogen and oxygen atoms in total. The van der Waals surface area contributed by atoms with Crippen molar-refractivity contribution in [2.45, 2.75) is 38.3 Å². The molecule has 0 aliphatic carbocycles. The topological polar surface area (TPSA) is 70.1 Å². The van der Waals surface area contributed by atoms with E-state index in [1.807, 2.05) is 18.2 Å². The second kappa shape index (κ2) is 7.66. The number of piperidine rings is 1. The van der Waals surface area contributed by atoms with Crippen LogP contribution in [0.25, 0.3) is 0 Å². The van der Waals surface area contributed by atoms with Crippen LogP contribution in [0, 0.1) is 0 Å². The summed E-state index contributed by atoms with van der Waals surface area (Å²) in [5, 5.41) is 8.69. The van der Waals surface area contributed by atoms with Crippen LogP contribution in [0.2, 0.25) is 0 Å². The molecule has 0 saturated carbocycles. The lowest BCUT2D eigenvalue weighted by Crippen LogP contribution is -2.48. The molecule has 1 N–H and O–H groups in total. The number of ether oxygens (including phenoxy) is 1. The highest BCUT2D eigenvalue weighted by atomic mass is 16.5. The van der Waals surface area contributed by atoms with Crippen molar-refractivity contribution in [1.82, 2.24) is 9.80 Å². The molecule has 2 aliphatic heterocycles. The van der Waals surface area contributed by atoms with Crippen LogP contribution < -0.4 is 4.74 Å². The molecule has 2 heterocycles. The Labute approximate surface area is 142 Å². The van der Waals surface area contributed by atoms with Gasteiger partial charge in [0.25, 0.3) is 0 Å². The van der Waals surface area contributed by atoms with Gasteiger partial charge in [0.1, 0.15) is 5.75 Å². The Morgan fingerprint density at radius 1 is 1.29 bits per heavy atom. The summed E-state index contributed by atoms with van der Waals surface area (Å²) in [6.45, 7) is 3.30. The average molecular weight is 332 g/mol. The van der Waals surface area contributed by atoms with E-state index in [1.54, 1.807) is 6.07 Å². The first-order valence-corrected chi connectivity index (χ1v) is 8.57. The lowest BCUT2D eigenvalue weighted by molar-refractivity contribution is -0.139. The van der Waals surface area contributed by atoms with Gasteiger partial charge in [-0.3, -0.25) is 9.69 Å². The molecule has 1 atom stereocenters. The Morgan fingerprint density at radius 3 is 2.92 bits per heavy atom. The van der Waals surface area contributed by atoms with Gasteiger partial charge in [-0.1, -0.05) is 12.1 Å². The summed E-state index contributed by atoms with van der Waals surface area (Å²) in [6, 6.07) is 7.91. The van der Waals surface area contributed by atoms with Gasteiger partial charge >= 0.3 is 5.97 Å². The zero-order valence-corrected chi connectivity index (χ0v) is 13.8. The Kier molecular flexibility index (Phi) is 5.35. The van der Waals surface area contributed by atoms with Crippen molar-refractivity contribution in [3.63, 3.8) is 0 Å². The molecular weight excluding hydrogens is 308 g/mol. The molecule has 2 fully saturated rings. The van der Waals surface area contributed by atoms with Crippen LogP contribution in [0.1, 0.15) is 31.2 Å². The van der Waals surface area contributed by atoms with Gasteiger partial charge in [-0.25, -0.2) is 4.79 Å². The zero-order chi connectivity index (χ0) is 16.9. The quantitative estimate of drug-likeness (QED) is 0.859. The molecule has 0 bridgehead atoms. The van der Waals surface area contributed by atoms with Crippen LogP contribution in [0.3, 0.4) is 0 Å². The highest BCUT2D eigenvalue weighted by Crippen LogP contribution is 2.23. The molecule has 2 aliphatic rings. The van der Waals surface area contributed by atoms with Gasteiger partial charge in [0.15, 0.2) is 6.61 Å². The fourth-order valence-electron chi connectivity index (χ4n) is 3.62. The Bertz CT molecular complexity index is 604. The summed E-state index contributed by atoms with van der Waals surface area (Å²) >= 11 is 0. The number of carboxylic acids is 1. The predicted molar refractivity (Wildman–Crippen MR) is 88.8 cm³/mol. The van der Waals surface area contributed by atoms with E-state index in [0.717, 1.165) is 51.0 Å². The number of likely N-dealkylation sites (tertiary alicyclic amines) is 2. The second-order valence-corrected chi connectivity index (χ2v) is 6.55. The fourth-order valence-corrected chi connectivity index (χ4v) is 3.62. The highest BCUT2D eigenvalue weighted by molar-refractivity contribution is 5.78. The maximum absolute atomic E-state index is 12.0. The van der Waals surface area contributed by atoms with Crippen LogP contribution in [-0.4, -0.2) is 59.1 Å². The van der Waals surface area contributed by atoms with E-state index in [2.05, 4.69) is 9.80 Å². The van der Waals surface area contributed by atoms with Crippen molar-refractivity contribution in [3.8, 4) is 5.75 Å². The minimum Gasteiger partial charge on any atom is -0.482 e. The summed E-state index contributed by atoms with van der Waals surface area (Å²) in [5.74, 6) is -0.0985. The number of carboxylic acid groups (broad SMARTS) is 1. The fraction of sp³-hybridized carbons (Fsp3) is 0.556. The van der Waals surface area contributed by atoms with Gasteiger partial charge in [-0.15, -0.1) is 0 Å². The smallest absolute Gasteiger partial charge is 0.341 e. The largest absolute Gasteiger partial charge is 0.482 e. The minimum atomic E-state index is -0.977. The number of hydrogen-bond donors (Lipinski definition) is 1. The van der Waals surface area contributed by atoms with Crippen LogP contribution in [-0.2, 0) is 16.1 Å². The number of rotatable bonds is 6. The molecule has 2 saturated heterocycles. The number of hydrogen-bond acceptors (Lipinski definition) is 4. The average Bonchev–Trinajstić information content (AvgIpc) is 3.00. The van der Waals surface area contributed by atoms with E-state index >= 15 is 0 Å². The first-order valence-electron chi connectivity index (χ1n) is 8.57. The molecule has 1 aromatic rings. The van der Waals surface area contributed by atoms with Crippen LogP contribution >= 0.6 is 0 Å². The molecule has 0 radical (unpaired) electrons. The summed E-state index contributed by atoms with van der Waals surface area (Å²) < 4.78 is 5.24. The Balaban J connectivity index is 1.58. The number of amides is 1. The standard InChI is InChI=1S/C18H24N2O4/c21-17-7-3-9-20(17)15-5-2-8-19(12-15)11-14-4-1-6-16(10-14)24-13-18(22)23/h1,4,6,10,15H,2-3,5,7-9,11-13H2,(H,22,23). The molecule has 3 rings (SSSR count). The van der Waals surface area contributed by atoms with Crippen molar-refractivity contribution in [1.29, 1.82) is 0 Å². The van der Waals surface area contributed by atoms with Gasteiger partial charge < -0.3 is 14.7 Å². The van der Waals surface area contributed by atoms with Gasteiger partial charge in [-0.2, -0.15) is 0 Å². The van der Waals surface area contributed by atoms with Gasteiger partial charge in [-0.05, 0) is 43.5 Å². The molecule has 6 heteroatoms. The summed E-state index contributed by atoms with van der Waals surface area (Å²) in [6.07, 6.45) is 3.87. The Hall–Kier alpha value is -2.08. The van der Waals surface area contributed by atoms with Crippen molar-refractivity contribution >= 4 is 11.9 Å². The van der Waals surface area contributed by atoms with Gasteiger partial charge in [0.05, 0.1) is 0 Å². The number of benzene rings is 1. The van der Waals surface area contributed by atoms with Crippen molar-refractivity contribution in [3.05, 3.63) is 29.8 Å². The SMILES string of the molecule is O=C(O)COc1cccc(CN2CCCC(N3CCCC3=O)C2)c1. The molecule has 1 amide bonds. The number of carbonyl (C=O) groups is 2. The van der Waals surface area contributed by atoms with Crippen molar-refractivity contribution in [2.75, 3.05) is 26.2 Å². The molecular formula is C18H24N2O4. The Morgan fingerprint density at radius 2 is 2.17 bits per heavy atom. The van der Waals surface area contributed by atoms with Crippen LogP contribution in [0.5, 0.6) is 5.75 Å². The lowest BCUT2D eigenvalue weighted by Gasteiger charge is -2.37. The summed E-state index contributed by atoms with van der Waals surface area (Å²) in [4.78, 5) is 27.0. The third kappa shape index (κ3) is 4.26.